The minimum absolute atomic E-state index is 0.0918. The van der Waals surface area contributed by atoms with Crippen LogP contribution in [0.3, 0.4) is 0 Å². The fourth-order valence-corrected chi connectivity index (χ4v) is 3.24. The first-order chi connectivity index (χ1) is 12.3. The molecule has 1 saturated carbocycles. The van der Waals surface area contributed by atoms with Gasteiger partial charge in [-0.2, -0.15) is 5.10 Å². The lowest BCUT2D eigenvalue weighted by molar-refractivity contribution is 0.0361. The van der Waals surface area contributed by atoms with E-state index in [2.05, 4.69) is 15.3 Å². The van der Waals surface area contributed by atoms with Crippen LogP contribution >= 0.6 is 0 Å². The molecule has 4 rings (SSSR count). The van der Waals surface area contributed by atoms with Crippen molar-refractivity contribution in [2.75, 3.05) is 40.0 Å². The Kier molecular flexibility index (Phi) is 4.59. The summed E-state index contributed by atoms with van der Waals surface area (Å²) in [5.41, 5.74) is 1.38. The van der Waals surface area contributed by atoms with Crippen molar-refractivity contribution in [2.45, 2.75) is 25.4 Å². The molecule has 7 heteroatoms. The van der Waals surface area contributed by atoms with E-state index in [0.717, 1.165) is 62.3 Å². The van der Waals surface area contributed by atoms with Crippen molar-refractivity contribution in [1.29, 1.82) is 0 Å². The van der Waals surface area contributed by atoms with Crippen molar-refractivity contribution in [1.82, 2.24) is 20.0 Å². The van der Waals surface area contributed by atoms with Gasteiger partial charge in [0.2, 0.25) is 0 Å². The van der Waals surface area contributed by atoms with Crippen LogP contribution in [0, 0.1) is 0 Å². The van der Waals surface area contributed by atoms with Gasteiger partial charge < -0.3 is 14.8 Å². The molecule has 1 aliphatic carbocycles. The van der Waals surface area contributed by atoms with Gasteiger partial charge in [0.25, 0.3) is 5.91 Å². The first-order valence-corrected chi connectivity index (χ1v) is 8.91. The number of nitrogens with one attached hydrogen (secondary N) is 1. The Morgan fingerprint density at radius 1 is 1.32 bits per heavy atom. The second-order valence-corrected chi connectivity index (χ2v) is 6.63. The molecule has 1 N–H and O–H groups in total. The van der Waals surface area contributed by atoms with E-state index in [0.29, 0.717) is 18.3 Å². The summed E-state index contributed by atoms with van der Waals surface area (Å²) < 4.78 is 12.8. The minimum atomic E-state index is -0.0918. The molecule has 2 fully saturated rings. The fourth-order valence-electron chi connectivity index (χ4n) is 3.24. The van der Waals surface area contributed by atoms with E-state index < -0.39 is 0 Å². The van der Waals surface area contributed by atoms with Crippen LogP contribution in [0.4, 0.5) is 0 Å². The van der Waals surface area contributed by atoms with Crippen molar-refractivity contribution in [3.63, 3.8) is 0 Å². The average molecular weight is 344 g/mol. The van der Waals surface area contributed by atoms with Crippen LogP contribution in [0.5, 0.6) is 5.75 Å². The first kappa shape index (κ1) is 16.4. The van der Waals surface area contributed by atoms with Crippen LogP contribution in [0.1, 0.15) is 23.3 Å². The van der Waals surface area contributed by atoms with Crippen LogP contribution in [0.15, 0.2) is 18.2 Å². The molecule has 1 aliphatic heterocycles. The normalized spacial score (nSPS) is 18.4. The Bertz CT molecular complexity index is 763. The highest BCUT2D eigenvalue weighted by molar-refractivity contribution is 6.06. The summed E-state index contributed by atoms with van der Waals surface area (Å²) in [4.78, 5) is 14.9. The van der Waals surface area contributed by atoms with Gasteiger partial charge in [-0.1, -0.05) is 12.1 Å². The number of amides is 1. The number of hydrogen-bond acceptors (Lipinski definition) is 5. The number of para-hydroxylation sites is 1. The van der Waals surface area contributed by atoms with Crippen molar-refractivity contribution in [3.05, 3.63) is 23.9 Å². The number of rotatable bonds is 6. The summed E-state index contributed by atoms with van der Waals surface area (Å²) in [5.74, 6) is 0.656. The van der Waals surface area contributed by atoms with Crippen LogP contribution in [-0.4, -0.2) is 66.6 Å². The molecule has 2 heterocycles. The molecule has 0 bridgehead atoms. The number of methoxy groups -OCH3 is 1. The smallest absolute Gasteiger partial charge is 0.272 e. The molecule has 0 radical (unpaired) electrons. The summed E-state index contributed by atoms with van der Waals surface area (Å²) in [6.45, 7) is 5.02. The number of fused-ring (bicyclic) bond motifs is 1. The average Bonchev–Trinajstić information content (AvgIpc) is 3.38. The lowest BCUT2D eigenvalue weighted by Gasteiger charge is -2.26. The zero-order valence-corrected chi connectivity index (χ0v) is 14.5. The molecule has 2 aromatic rings. The number of hydrogen-bond donors (Lipinski definition) is 1. The number of aromatic nitrogens is 2. The third-order valence-electron chi connectivity index (χ3n) is 4.81. The molecular weight excluding hydrogens is 320 g/mol. The SMILES string of the molecule is COc1cccc2c(C(=O)NC3CC3)nn(CCN3CCOCC3)c12. The van der Waals surface area contributed by atoms with Crippen molar-refractivity contribution >= 4 is 16.8 Å². The Morgan fingerprint density at radius 2 is 2.12 bits per heavy atom. The Morgan fingerprint density at radius 3 is 2.84 bits per heavy atom. The largest absolute Gasteiger partial charge is 0.494 e. The molecule has 2 aliphatic rings. The van der Waals surface area contributed by atoms with Crippen molar-refractivity contribution in [2.24, 2.45) is 0 Å². The number of carbonyl (C=O) groups excluding carboxylic acids is 1. The van der Waals surface area contributed by atoms with E-state index >= 15 is 0 Å². The standard InChI is InChI=1S/C18H24N4O3/c1-24-15-4-2-3-14-16(18(23)19-13-5-6-13)20-22(17(14)15)8-7-21-9-11-25-12-10-21/h2-4,13H,5-12H2,1H3,(H,19,23). The summed E-state index contributed by atoms with van der Waals surface area (Å²) in [6.07, 6.45) is 2.12. The van der Waals surface area contributed by atoms with Crippen molar-refractivity contribution in [3.8, 4) is 5.75 Å². The van der Waals surface area contributed by atoms with E-state index in [4.69, 9.17) is 9.47 Å². The molecule has 1 amide bonds. The van der Waals surface area contributed by atoms with Gasteiger partial charge in [0.15, 0.2) is 5.69 Å². The second-order valence-electron chi connectivity index (χ2n) is 6.63. The summed E-state index contributed by atoms with van der Waals surface area (Å²) in [5, 5.41) is 8.51. The number of morpholine rings is 1. The van der Waals surface area contributed by atoms with Gasteiger partial charge in [0.05, 0.1) is 26.9 Å². The molecule has 7 nitrogen and oxygen atoms in total. The highest BCUT2D eigenvalue weighted by Crippen LogP contribution is 2.29. The molecule has 1 aromatic carbocycles. The maximum atomic E-state index is 12.6. The Labute approximate surface area is 146 Å². The maximum Gasteiger partial charge on any atom is 0.272 e. The van der Waals surface area contributed by atoms with Gasteiger partial charge in [0.1, 0.15) is 11.3 Å². The van der Waals surface area contributed by atoms with Crippen LogP contribution in [-0.2, 0) is 11.3 Å². The van der Waals surface area contributed by atoms with Gasteiger partial charge >= 0.3 is 0 Å². The Balaban J connectivity index is 1.62. The third kappa shape index (κ3) is 3.48. The van der Waals surface area contributed by atoms with Gasteiger partial charge in [0, 0.05) is 31.1 Å². The predicted octanol–water partition coefficient (Wildman–Crippen LogP) is 1.27. The molecule has 1 aromatic heterocycles. The van der Waals surface area contributed by atoms with Gasteiger partial charge in [-0.3, -0.25) is 14.4 Å². The molecular formula is C18H24N4O3. The minimum Gasteiger partial charge on any atom is -0.494 e. The number of benzene rings is 1. The van der Waals surface area contributed by atoms with Gasteiger partial charge in [-0.15, -0.1) is 0 Å². The second kappa shape index (κ2) is 7.01. The fraction of sp³-hybridized carbons (Fsp3) is 0.556. The van der Waals surface area contributed by atoms with Crippen LogP contribution in [0.25, 0.3) is 10.9 Å². The number of ether oxygens (including phenoxy) is 2. The summed E-state index contributed by atoms with van der Waals surface area (Å²) in [7, 11) is 1.65. The quantitative estimate of drug-likeness (QED) is 0.855. The topological polar surface area (TPSA) is 68.6 Å². The zero-order valence-electron chi connectivity index (χ0n) is 14.5. The van der Waals surface area contributed by atoms with E-state index in [1.165, 1.54) is 0 Å². The highest BCUT2D eigenvalue weighted by atomic mass is 16.5. The lowest BCUT2D eigenvalue weighted by Crippen LogP contribution is -2.38. The van der Waals surface area contributed by atoms with E-state index in [9.17, 15) is 4.79 Å². The van der Waals surface area contributed by atoms with Gasteiger partial charge in [-0.25, -0.2) is 0 Å². The molecule has 0 spiro atoms. The molecule has 0 atom stereocenters. The lowest BCUT2D eigenvalue weighted by atomic mass is 10.2. The molecule has 25 heavy (non-hydrogen) atoms. The van der Waals surface area contributed by atoms with Crippen molar-refractivity contribution < 1.29 is 14.3 Å². The first-order valence-electron chi connectivity index (χ1n) is 8.91. The number of carbonyl (C=O) groups is 1. The van der Waals surface area contributed by atoms with Crippen LogP contribution < -0.4 is 10.1 Å². The highest BCUT2D eigenvalue weighted by Gasteiger charge is 2.27. The zero-order chi connectivity index (χ0) is 17.2. The van der Waals surface area contributed by atoms with E-state index in [-0.39, 0.29) is 5.91 Å². The summed E-state index contributed by atoms with van der Waals surface area (Å²) >= 11 is 0. The van der Waals surface area contributed by atoms with E-state index in [1.54, 1.807) is 7.11 Å². The van der Waals surface area contributed by atoms with E-state index in [1.807, 2.05) is 22.9 Å². The van der Waals surface area contributed by atoms with Gasteiger partial charge in [-0.05, 0) is 18.9 Å². The Hall–Kier alpha value is -2.12. The van der Waals surface area contributed by atoms with Crippen LogP contribution in [0.2, 0.25) is 0 Å². The maximum absolute atomic E-state index is 12.6. The molecule has 1 saturated heterocycles. The number of nitrogens with zero attached hydrogens (tertiary/aromatic N) is 3. The predicted molar refractivity (Wildman–Crippen MR) is 94.0 cm³/mol. The molecule has 0 unspecified atom stereocenters. The summed E-state index contributed by atoms with van der Waals surface area (Å²) in [6, 6.07) is 6.07. The molecule has 134 valence electrons. The third-order valence-corrected chi connectivity index (χ3v) is 4.81. The monoisotopic (exact) mass is 344 g/mol.